The number of ether oxygens (including phenoxy) is 1. The van der Waals surface area contributed by atoms with Crippen LogP contribution in [0.1, 0.15) is 26.2 Å². The van der Waals surface area contributed by atoms with Crippen molar-refractivity contribution in [3.63, 3.8) is 0 Å². The second-order valence-electron chi connectivity index (χ2n) is 8.45. The molecule has 1 aromatic carbocycles. The number of halogens is 1. The van der Waals surface area contributed by atoms with E-state index in [0.29, 0.717) is 30.0 Å². The Labute approximate surface area is 179 Å². The van der Waals surface area contributed by atoms with Gasteiger partial charge in [-0.15, -0.1) is 0 Å². The topological polar surface area (TPSA) is 108 Å². The van der Waals surface area contributed by atoms with Gasteiger partial charge in [0.05, 0.1) is 17.4 Å². The van der Waals surface area contributed by atoms with Gasteiger partial charge in [-0.25, -0.2) is 0 Å². The van der Waals surface area contributed by atoms with E-state index in [1.54, 1.807) is 24.3 Å². The van der Waals surface area contributed by atoms with Crippen LogP contribution in [0.15, 0.2) is 24.3 Å². The summed E-state index contributed by atoms with van der Waals surface area (Å²) in [6.07, 6.45) is 1.44. The van der Waals surface area contributed by atoms with E-state index in [1.165, 1.54) is 11.9 Å². The number of aliphatic hydroxyl groups excluding tert-OH is 1. The van der Waals surface area contributed by atoms with Gasteiger partial charge in [-0.2, -0.15) is 0 Å². The van der Waals surface area contributed by atoms with E-state index in [-0.39, 0.29) is 30.9 Å². The van der Waals surface area contributed by atoms with Gasteiger partial charge < -0.3 is 25.4 Å². The molecule has 0 aliphatic carbocycles. The van der Waals surface area contributed by atoms with E-state index in [2.05, 4.69) is 10.6 Å². The second-order valence-corrected chi connectivity index (χ2v) is 8.88. The van der Waals surface area contributed by atoms with Crippen molar-refractivity contribution in [1.82, 2.24) is 10.2 Å². The quantitative estimate of drug-likeness (QED) is 0.621. The van der Waals surface area contributed by atoms with Gasteiger partial charge >= 0.3 is 0 Å². The van der Waals surface area contributed by atoms with Gasteiger partial charge in [-0.1, -0.05) is 11.6 Å². The molecule has 9 heteroatoms. The van der Waals surface area contributed by atoms with Crippen molar-refractivity contribution in [2.24, 2.45) is 11.8 Å². The third-order valence-electron chi connectivity index (χ3n) is 6.72. The first-order valence-corrected chi connectivity index (χ1v) is 10.5. The van der Waals surface area contributed by atoms with Crippen molar-refractivity contribution >= 4 is 35.0 Å². The summed E-state index contributed by atoms with van der Waals surface area (Å²) in [7, 11) is 1.54. The highest BCUT2D eigenvalue weighted by molar-refractivity contribution is 6.30. The molecule has 2 bridgehead atoms. The lowest BCUT2D eigenvalue weighted by Gasteiger charge is -2.33. The minimum Gasteiger partial charge on any atom is -0.396 e. The fraction of sp³-hybridized carbons (Fsp3) is 0.571. The minimum atomic E-state index is -1.06. The van der Waals surface area contributed by atoms with Crippen molar-refractivity contribution in [2.45, 2.75) is 43.4 Å². The van der Waals surface area contributed by atoms with Gasteiger partial charge in [0.25, 0.3) is 0 Å². The van der Waals surface area contributed by atoms with Crippen LogP contribution in [0.2, 0.25) is 5.02 Å². The first-order valence-electron chi connectivity index (χ1n) is 10.2. The van der Waals surface area contributed by atoms with E-state index in [1.807, 2.05) is 6.92 Å². The number of fused-ring (bicyclic) bond motifs is 1. The predicted molar refractivity (Wildman–Crippen MR) is 110 cm³/mol. The molecule has 1 spiro atoms. The number of nitrogens with one attached hydrogen (secondary N) is 2. The summed E-state index contributed by atoms with van der Waals surface area (Å²) < 4.78 is 6.41. The van der Waals surface area contributed by atoms with Gasteiger partial charge in [0, 0.05) is 30.9 Å². The van der Waals surface area contributed by atoms with E-state index < -0.39 is 29.1 Å². The molecule has 30 heavy (non-hydrogen) atoms. The Balaban J connectivity index is 1.71. The van der Waals surface area contributed by atoms with Gasteiger partial charge in [0.15, 0.2) is 0 Å². The number of carbonyl (C=O) groups is 3. The Bertz CT molecular complexity index is 878. The summed E-state index contributed by atoms with van der Waals surface area (Å²) in [6, 6.07) is 5.83. The molecule has 3 aliphatic heterocycles. The first kappa shape index (κ1) is 21.1. The molecule has 3 fully saturated rings. The number of benzene rings is 1. The molecule has 5 atom stereocenters. The van der Waals surface area contributed by atoms with E-state index in [4.69, 9.17) is 16.3 Å². The van der Waals surface area contributed by atoms with Crippen molar-refractivity contribution in [2.75, 3.05) is 25.5 Å². The van der Waals surface area contributed by atoms with Gasteiger partial charge in [0.2, 0.25) is 17.7 Å². The predicted octanol–water partition coefficient (Wildman–Crippen LogP) is 1.17. The highest BCUT2D eigenvalue weighted by Gasteiger charge is 2.77. The lowest BCUT2D eigenvalue weighted by molar-refractivity contribution is -0.144. The Morgan fingerprint density at radius 3 is 2.60 bits per heavy atom. The van der Waals surface area contributed by atoms with Crippen LogP contribution in [0.3, 0.4) is 0 Å². The first-order chi connectivity index (χ1) is 14.3. The normalized spacial score (nSPS) is 34.2. The molecular weight excluding hydrogens is 410 g/mol. The maximum absolute atomic E-state index is 13.4. The number of hydrogen-bond donors (Lipinski definition) is 3. The molecule has 3 amide bonds. The van der Waals surface area contributed by atoms with E-state index in [9.17, 15) is 19.5 Å². The third kappa shape index (κ3) is 3.01. The maximum Gasteiger partial charge on any atom is 0.250 e. The average Bonchev–Trinajstić information content (AvgIpc) is 3.28. The zero-order chi connectivity index (χ0) is 21.7. The summed E-state index contributed by atoms with van der Waals surface area (Å²) >= 11 is 5.93. The van der Waals surface area contributed by atoms with Crippen LogP contribution in [0.25, 0.3) is 0 Å². The van der Waals surface area contributed by atoms with E-state index >= 15 is 0 Å². The van der Waals surface area contributed by atoms with Crippen LogP contribution in [0.4, 0.5) is 5.69 Å². The van der Waals surface area contributed by atoms with Gasteiger partial charge in [-0.3, -0.25) is 14.4 Å². The molecule has 1 aromatic rings. The molecule has 0 radical (unpaired) electrons. The standard InChI is InChI=1S/C21H26ClN3O5/c1-20-8-9-21(30-20)15(14(20)17(27)23-2)19(29)25(10-3-11-26)16(21)18(28)24-13-6-4-12(22)5-7-13/h4-7,14-16,26H,3,8-11H2,1-2H3,(H,23,27)(H,24,28)/t14-,15+,16?,20+,21?/m1/s1. The monoisotopic (exact) mass is 435 g/mol. The number of rotatable bonds is 6. The lowest BCUT2D eigenvalue weighted by Crippen LogP contribution is -2.53. The van der Waals surface area contributed by atoms with Gasteiger partial charge in [-0.05, 0) is 50.5 Å². The number of hydrogen-bond acceptors (Lipinski definition) is 5. The third-order valence-corrected chi connectivity index (χ3v) is 6.97. The minimum absolute atomic E-state index is 0.107. The Hall–Kier alpha value is -2.16. The fourth-order valence-corrected chi connectivity index (χ4v) is 5.63. The highest BCUT2D eigenvalue weighted by Crippen LogP contribution is 2.63. The summed E-state index contributed by atoms with van der Waals surface area (Å²) in [5.74, 6) is -2.27. The summed E-state index contributed by atoms with van der Waals surface area (Å²) in [5.41, 5.74) is -1.29. The average molecular weight is 436 g/mol. The number of nitrogens with zero attached hydrogens (tertiary/aromatic N) is 1. The summed E-state index contributed by atoms with van der Waals surface area (Å²) in [6.45, 7) is 1.96. The molecule has 162 valence electrons. The summed E-state index contributed by atoms with van der Waals surface area (Å²) in [5, 5.41) is 15.4. The van der Waals surface area contributed by atoms with Crippen molar-refractivity contribution in [3.8, 4) is 0 Å². The number of amides is 3. The zero-order valence-electron chi connectivity index (χ0n) is 17.0. The zero-order valence-corrected chi connectivity index (χ0v) is 17.7. The van der Waals surface area contributed by atoms with Crippen LogP contribution < -0.4 is 10.6 Å². The molecule has 4 rings (SSSR count). The molecular formula is C21H26ClN3O5. The molecule has 2 unspecified atom stereocenters. The second kappa shape index (κ2) is 7.51. The molecule has 0 saturated carbocycles. The molecule has 3 N–H and O–H groups in total. The molecule has 8 nitrogen and oxygen atoms in total. The summed E-state index contributed by atoms with van der Waals surface area (Å²) in [4.78, 5) is 41.0. The molecule has 0 aromatic heterocycles. The SMILES string of the molecule is CNC(=O)[C@H]1[C@H]2C(=O)N(CCCO)C(C(=O)Nc3ccc(Cl)cc3)C23CC[C@]1(C)O3. The molecule has 3 saturated heterocycles. The Morgan fingerprint density at radius 2 is 1.97 bits per heavy atom. The van der Waals surface area contributed by atoms with E-state index in [0.717, 1.165) is 0 Å². The van der Waals surface area contributed by atoms with Crippen molar-refractivity contribution in [1.29, 1.82) is 0 Å². The van der Waals surface area contributed by atoms with Crippen molar-refractivity contribution in [3.05, 3.63) is 29.3 Å². The number of anilines is 1. The Kier molecular flexibility index (Phi) is 5.28. The largest absolute Gasteiger partial charge is 0.396 e. The highest BCUT2D eigenvalue weighted by atomic mass is 35.5. The van der Waals surface area contributed by atoms with Crippen LogP contribution >= 0.6 is 11.6 Å². The lowest BCUT2D eigenvalue weighted by atomic mass is 9.66. The van der Waals surface area contributed by atoms with Gasteiger partial charge in [0.1, 0.15) is 11.6 Å². The van der Waals surface area contributed by atoms with Crippen LogP contribution in [0.5, 0.6) is 0 Å². The molecule has 3 aliphatic rings. The number of aliphatic hydroxyl groups is 1. The Morgan fingerprint density at radius 1 is 1.27 bits per heavy atom. The molecule has 3 heterocycles. The van der Waals surface area contributed by atoms with Crippen LogP contribution in [0, 0.1) is 11.8 Å². The fourth-order valence-electron chi connectivity index (χ4n) is 5.51. The van der Waals surface area contributed by atoms with Crippen LogP contribution in [-0.2, 0) is 19.1 Å². The maximum atomic E-state index is 13.4. The van der Waals surface area contributed by atoms with Crippen LogP contribution in [-0.4, -0.2) is 65.2 Å². The smallest absolute Gasteiger partial charge is 0.250 e. The number of likely N-dealkylation sites (tertiary alicyclic amines) is 1. The van der Waals surface area contributed by atoms with Crippen molar-refractivity contribution < 1.29 is 24.2 Å². The number of carbonyl (C=O) groups excluding carboxylic acids is 3.